The monoisotopic (exact) mass is 362 g/mol. The first-order chi connectivity index (χ1) is 12.8. The van der Waals surface area contributed by atoms with Crippen LogP contribution in [0.1, 0.15) is 17.0 Å². The molecule has 2 aromatic heterocycles. The number of carbonyl (C=O) groups is 1. The minimum absolute atomic E-state index is 0.0507. The molecule has 2 aromatic carbocycles. The van der Waals surface area contributed by atoms with Gasteiger partial charge in [0.25, 0.3) is 0 Å². The third kappa shape index (κ3) is 3.81. The highest BCUT2D eigenvalue weighted by Crippen LogP contribution is 2.19. The van der Waals surface area contributed by atoms with Crippen molar-refractivity contribution in [2.45, 2.75) is 19.4 Å². The van der Waals surface area contributed by atoms with Crippen LogP contribution in [0.5, 0.6) is 0 Å². The first-order valence-electron chi connectivity index (χ1n) is 8.48. The molecule has 130 valence electrons. The van der Waals surface area contributed by atoms with Crippen molar-refractivity contribution < 1.29 is 4.79 Å². The first kappa shape index (κ1) is 16.5. The van der Waals surface area contributed by atoms with Crippen molar-refractivity contribution in [3.8, 4) is 0 Å². The summed E-state index contributed by atoms with van der Waals surface area (Å²) < 4.78 is 2.09. The molecule has 0 aliphatic carbocycles. The third-order valence-electron chi connectivity index (χ3n) is 4.17. The molecule has 1 N–H and O–H groups in total. The van der Waals surface area contributed by atoms with Gasteiger partial charge in [-0.1, -0.05) is 59.9 Å². The number of anilines is 1. The summed E-state index contributed by atoms with van der Waals surface area (Å²) in [6.45, 7) is 0.634. The maximum atomic E-state index is 12.2. The lowest BCUT2D eigenvalue weighted by Gasteiger charge is -2.05. The Balaban J connectivity index is 1.33. The lowest BCUT2D eigenvalue weighted by molar-refractivity contribution is -0.116. The largest absolute Gasteiger partial charge is 0.347 e. The lowest BCUT2D eigenvalue weighted by Crippen LogP contribution is -2.14. The van der Waals surface area contributed by atoms with Crippen molar-refractivity contribution in [3.05, 3.63) is 77.4 Å². The summed E-state index contributed by atoms with van der Waals surface area (Å²) >= 11 is 1.42. The van der Waals surface area contributed by atoms with E-state index in [-0.39, 0.29) is 5.91 Å². The van der Waals surface area contributed by atoms with E-state index in [0.29, 0.717) is 18.1 Å². The fourth-order valence-electron chi connectivity index (χ4n) is 2.89. The minimum atomic E-state index is -0.0507. The van der Waals surface area contributed by atoms with E-state index >= 15 is 0 Å². The molecule has 26 heavy (non-hydrogen) atoms. The van der Waals surface area contributed by atoms with E-state index in [2.05, 4.69) is 50.4 Å². The van der Waals surface area contributed by atoms with Crippen LogP contribution in [-0.4, -0.2) is 20.7 Å². The quantitative estimate of drug-likeness (QED) is 0.561. The van der Waals surface area contributed by atoms with E-state index in [4.69, 9.17) is 0 Å². The normalized spacial score (nSPS) is 10.9. The van der Waals surface area contributed by atoms with Gasteiger partial charge in [-0.3, -0.25) is 4.79 Å². The van der Waals surface area contributed by atoms with Gasteiger partial charge in [0, 0.05) is 31.1 Å². The number of para-hydroxylation sites is 1. The second kappa shape index (κ2) is 7.49. The summed E-state index contributed by atoms with van der Waals surface area (Å²) in [6.07, 6.45) is 3.14. The fourth-order valence-corrected chi connectivity index (χ4v) is 3.68. The molecule has 4 rings (SSSR count). The molecular weight excluding hydrogens is 344 g/mol. The summed E-state index contributed by atoms with van der Waals surface area (Å²) in [7, 11) is 0. The lowest BCUT2D eigenvalue weighted by atomic mass is 10.2. The Morgan fingerprint density at radius 2 is 1.81 bits per heavy atom. The van der Waals surface area contributed by atoms with Gasteiger partial charge in [-0.05, 0) is 23.1 Å². The fraction of sp³-hybridized carbons (Fsp3) is 0.150. The van der Waals surface area contributed by atoms with Crippen molar-refractivity contribution in [2.75, 3.05) is 5.32 Å². The second-order valence-electron chi connectivity index (χ2n) is 6.03. The third-order valence-corrected chi connectivity index (χ3v) is 5.01. The van der Waals surface area contributed by atoms with Gasteiger partial charge in [-0.15, -0.1) is 10.2 Å². The molecule has 0 radical (unpaired) electrons. The van der Waals surface area contributed by atoms with Crippen LogP contribution in [0, 0.1) is 0 Å². The number of nitrogens with one attached hydrogen (secondary N) is 1. The molecular formula is C20H18N4OS. The zero-order valence-electron chi connectivity index (χ0n) is 14.1. The highest BCUT2D eigenvalue weighted by atomic mass is 32.1. The first-order valence-corrected chi connectivity index (χ1v) is 9.29. The number of fused-ring (bicyclic) bond motifs is 1. The SMILES string of the molecule is O=C(CCn1ccc2ccccc21)Nc1nnc(Cc2ccccc2)s1. The molecule has 0 saturated heterocycles. The molecule has 2 heterocycles. The second-order valence-corrected chi connectivity index (χ2v) is 7.09. The van der Waals surface area contributed by atoms with Crippen LogP contribution in [-0.2, 0) is 17.8 Å². The Hall–Kier alpha value is -2.99. The van der Waals surface area contributed by atoms with Gasteiger partial charge in [0.15, 0.2) is 0 Å². The van der Waals surface area contributed by atoms with Gasteiger partial charge in [-0.25, -0.2) is 0 Å². The molecule has 0 bridgehead atoms. The molecule has 6 heteroatoms. The summed E-state index contributed by atoms with van der Waals surface area (Å²) in [4.78, 5) is 12.2. The van der Waals surface area contributed by atoms with Crippen LogP contribution >= 0.6 is 11.3 Å². The number of nitrogens with zero attached hydrogens (tertiary/aromatic N) is 3. The number of benzene rings is 2. The summed E-state index contributed by atoms with van der Waals surface area (Å²) in [5.74, 6) is -0.0507. The van der Waals surface area contributed by atoms with Gasteiger partial charge in [-0.2, -0.15) is 0 Å². The topological polar surface area (TPSA) is 59.8 Å². The van der Waals surface area contributed by atoms with E-state index in [1.165, 1.54) is 22.3 Å². The predicted molar refractivity (Wildman–Crippen MR) is 104 cm³/mol. The molecule has 0 saturated carbocycles. The van der Waals surface area contributed by atoms with Gasteiger partial charge in [0.2, 0.25) is 11.0 Å². The number of amides is 1. The average molecular weight is 362 g/mol. The Morgan fingerprint density at radius 1 is 1.00 bits per heavy atom. The minimum Gasteiger partial charge on any atom is -0.347 e. The van der Waals surface area contributed by atoms with Crippen molar-refractivity contribution in [3.63, 3.8) is 0 Å². The summed E-state index contributed by atoms with van der Waals surface area (Å²) in [5, 5.41) is 13.7. The standard InChI is InChI=1S/C20H18N4OS/c25-18(11-13-24-12-10-16-8-4-5-9-17(16)24)21-20-23-22-19(26-20)14-15-6-2-1-3-7-15/h1-10,12H,11,13-14H2,(H,21,23,25). The van der Waals surface area contributed by atoms with E-state index in [0.717, 1.165) is 16.9 Å². The van der Waals surface area contributed by atoms with Crippen molar-refractivity contribution in [1.29, 1.82) is 0 Å². The molecule has 0 atom stereocenters. The Morgan fingerprint density at radius 3 is 2.69 bits per heavy atom. The summed E-state index contributed by atoms with van der Waals surface area (Å²) in [5.41, 5.74) is 2.32. The van der Waals surface area contributed by atoms with Crippen molar-refractivity contribution in [2.24, 2.45) is 0 Å². The number of hydrogen-bond donors (Lipinski definition) is 1. The average Bonchev–Trinajstić information content (AvgIpc) is 3.28. The van der Waals surface area contributed by atoms with Gasteiger partial charge in [0.1, 0.15) is 5.01 Å². The van der Waals surface area contributed by atoms with Crippen LogP contribution in [0.3, 0.4) is 0 Å². The Kier molecular flexibility index (Phi) is 4.75. The molecule has 1 amide bonds. The Bertz CT molecular complexity index is 1020. The smallest absolute Gasteiger partial charge is 0.227 e. The number of carbonyl (C=O) groups excluding carboxylic acids is 1. The highest BCUT2D eigenvalue weighted by molar-refractivity contribution is 7.15. The molecule has 5 nitrogen and oxygen atoms in total. The van der Waals surface area contributed by atoms with E-state index in [9.17, 15) is 4.79 Å². The van der Waals surface area contributed by atoms with Crippen LogP contribution in [0.15, 0.2) is 66.9 Å². The zero-order chi connectivity index (χ0) is 17.8. The molecule has 0 spiro atoms. The Labute approximate surface area is 155 Å². The maximum absolute atomic E-state index is 12.2. The van der Waals surface area contributed by atoms with E-state index in [1.54, 1.807) is 0 Å². The van der Waals surface area contributed by atoms with Crippen LogP contribution < -0.4 is 5.32 Å². The highest BCUT2D eigenvalue weighted by Gasteiger charge is 2.09. The molecule has 0 unspecified atom stereocenters. The van der Waals surface area contributed by atoms with Crippen LogP contribution in [0.25, 0.3) is 10.9 Å². The maximum Gasteiger partial charge on any atom is 0.227 e. The van der Waals surface area contributed by atoms with Crippen LogP contribution in [0.4, 0.5) is 5.13 Å². The number of aromatic nitrogens is 3. The van der Waals surface area contributed by atoms with Crippen LogP contribution in [0.2, 0.25) is 0 Å². The molecule has 4 aromatic rings. The van der Waals surface area contributed by atoms with Gasteiger partial charge in [0.05, 0.1) is 0 Å². The zero-order valence-corrected chi connectivity index (χ0v) is 14.9. The van der Waals surface area contributed by atoms with Gasteiger partial charge >= 0.3 is 0 Å². The van der Waals surface area contributed by atoms with E-state index < -0.39 is 0 Å². The van der Waals surface area contributed by atoms with Gasteiger partial charge < -0.3 is 9.88 Å². The van der Waals surface area contributed by atoms with E-state index in [1.807, 2.05) is 36.5 Å². The number of hydrogen-bond acceptors (Lipinski definition) is 4. The number of aryl methyl sites for hydroxylation is 1. The van der Waals surface area contributed by atoms with Crippen molar-refractivity contribution >= 4 is 33.3 Å². The predicted octanol–water partition coefficient (Wildman–Crippen LogP) is 4.11. The molecule has 0 aliphatic rings. The summed E-state index contributed by atoms with van der Waals surface area (Å²) in [6, 6.07) is 20.3. The number of rotatable bonds is 6. The van der Waals surface area contributed by atoms with Crippen molar-refractivity contribution in [1.82, 2.24) is 14.8 Å². The molecule has 0 fully saturated rings. The molecule has 0 aliphatic heterocycles.